The summed E-state index contributed by atoms with van der Waals surface area (Å²) in [6.07, 6.45) is 4.74. The molecule has 2 aliphatic heterocycles. The third-order valence-electron chi connectivity index (χ3n) is 6.55. The molecule has 2 saturated heterocycles. The Kier molecular flexibility index (Phi) is 7.95. The Morgan fingerprint density at radius 1 is 0.912 bits per heavy atom. The number of nitrogens with zero attached hydrogens (tertiary/aromatic N) is 3. The second kappa shape index (κ2) is 11.3. The number of hydrogen-bond acceptors (Lipinski definition) is 5. The molecule has 0 spiro atoms. The van der Waals surface area contributed by atoms with Gasteiger partial charge in [-0.1, -0.05) is 44.4 Å². The molecule has 0 aromatic heterocycles. The van der Waals surface area contributed by atoms with Crippen LogP contribution < -0.4 is 9.64 Å². The number of rotatable bonds is 9. The lowest BCUT2D eigenvalue weighted by Gasteiger charge is -2.37. The fraction of sp³-hybridized carbons (Fsp3) is 0.444. The van der Waals surface area contributed by atoms with E-state index in [1.807, 2.05) is 52.3 Å². The fourth-order valence-corrected chi connectivity index (χ4v) is 4.58. The lowest BCUT2D eigenvalue weighted by Crippen LogP contribution is -2.53. The van der Waals surface area contributed by atoms with Crippen molar-refractivity contribution >= 4 is 23.4 Å². The van der Waals surface area contributed by atoms with E-state index in [1.165, 1.54) is 17.7 Å². The summed E-state index contributed by atoms with van der Waals surface area (Å²) in [6.45, 7) is 5.06. The number of imide groups is 1. The standard InChI is InChI=1S/C27H33N3O4/c1-2-3-4-8-19-34-23-13-11-22(12-14-23)30-25(31)20-24(27(30)33)28-15-17-29(18-16-28)26(32)21-9-6-5-7-10-21/h5-7,9-14,24H,2-4,8,15-20H2,1H3. The summed E-state index contributed by atoms with van der Waals surface area (Å²) in [6, 6.07) is 15.9. The van der Waals surface area contributed by atoms with E-state index in [4.69, 9.17) is 4.74 Å². The highest BCUT2D eigenvalue weighted by molar-refractivity contribution is 6.22. The number of ether oxygens (including phenoxy) is 1. The number of anilines is 1. The average Bonchev–Trinajstić information content (AvgIpc) is 3.18. The molecule has 7 nitrogen and oxygen atoms in total. The SMILES string of the molecule is CCCCCCOc1ccc(N2C(=O)CC(N3CCN(C(=O)c4ccccc4)CC3)C2=O)cc1. The maximum absolute atomic E-state index is 13.2. The van der Waals surface area contributed by atoms with E-state index in [1.54, 1.807) is 12.1 Å². The van der Waals surface area contributed by atoms with Crippen molar-refractivity contribution in [3.05, 3.63) is 60.2 Å². The van der Waals surface area contributed by atoms with Crippen LogP contribution >= 0.6 is 0 Å². The molecule has 0 bridgehead atoms. The van der Waals surface area contributed by atoms with Gasteiger partial charge in [0.2, 0.25) is 5.91 Å². The highest BCUT2D eigenvalue weighted by atomic mass is 16.5. The van der Waals surface area contributed by atoms with Gasteiger partial charge in [-0.05, 0) is 42.8 Å². The highest BCUT2D eigenvalue weighted by Gasteiger charge is 2.43. The van der Waals surface area contributed by atoms with Crippen LogP contribution in [0, 0.1) is 0 Å². The quantitative estimate of drug-likeness (QED) is 0.419. The van der Waals surface area contributed by atoms with E-state index in [0.29, 0.717) is 44.0 Å². The lowest BCUT2D eigenvalue weighted by atomic mass is 10.1. The van der Waals surface area contributed by atoms with Crippen LogP contribution in [-0.4, -0.2) is 66.3 Å². The van der Waals surface area contributed by atoms with E-state index in [0.717, 1.165) is 18.6 Å². The van der Waals surface area contributed by atoms with Crippen LogP contribution in [0.15, 0.2) is 54.6 Å². The molecule has 0 aliphatic carbocycles. The van der Waals surface area contributed by atoms with Gasteiger partial charge in [-0.15, -0.1) is 0 Å². The largest absolute Gasteiger partial charge is 0.494 e. The smallest absolute Gasteiger partial charge is 0.253 e. The van der Waals surface area contributed by atoms with Gasteiger partial charge in [0.15, 0.2) is 0 Å². The van der Waals surface area contributed by atoms with E-state index in [-0.39, 0.29) is 24.1 Å². The average molecular weight is 464 g/mol. The van der Waals surface area contributed by atoms with Gasteiger partial charge < -0.3 is 9.64 Å². The molecule has 7 heteroatoms. The number of carbonyl (C=O) groups is 3. The van der Waals surface area contributed by atoms with Gasteiger partial charge >= 0.3 is 0 Å². The van der Waals surface area contributed by atoms with Crippen molar-refractivity contribution in [2.75, 3.05) is 37.7 Å². The molecule has 2 aromatic carbocycles. The Morgan fingerprint density at radius 3 is 2.29 bits per heavy atom. The second-order valence-corrected chi connectivity index (χ2v) is 8.88. The van der Waals surface area contributed by atoms with Gasteiger partial charge in [0, 0.05) is 31.7 Å². The van der Waals surface area contributed by atoms with Gasteiger partial charge in [-0.2, -0.15) is 0 Å². The molecule has 4 rings (SSSR count). The van der Waals surface area contributed by atoms with Crippen molar-refractivity contribution in [1.29, 1.82) is 0 Å². The monoisotopic (exact) mass is 463 g/mol. The van der Waals surface area contributed by atoms with Crippen LogP contribution in [0.25, 0.3) is 0 Å². The first kappa shape index (κ1) is 24.0. The molecule has 0 N–H and O–H groups in total. The highest BCUT2D eigenvalue weighted by Crippen LogP contribution is 2.28. The minimum atomic E-state index is -0.476. The van der Waals surface area contributed by atoms with Crippen LogP contribution in [-0.2, 0) is 9.59 Å². The van der Waals surface area contributed by atoms with Crippen LogP contribution in [0.5, 0.6) is 5.75 Å². The van der Waals surface area contributed by atoms with Gasteiger partial charge in [-0.25, -0.2) is 4.90 Å². The summed E-state index contributed by atoms with van der Waals surface area (Å²) in [7, 11) is 0. The van der Waals surface area contributed by atoms with Crippen LogP contribution in [0.4, 0.5) is 5.69 Å². The maximum atomic E-state index is 13.2. The van der Waals surface area contributed by atoms with Crippen molar-refractivity contribution in [3.8, 4) is 5.75 Å². The number of piperazine rings is 1. The Balaban J connectivity index is 1.31. The Morgan fingerprint density at radius 2 is 1.62 bits per heavy atom. The van der Waals surface area contributed by atoms with Crippen molar-refractivity contribution in [1.82, 2.24) is 9.80 Å². The molecule has 2 fully saturated rings. The summed E-state index contributed by atoms with van der Waals surface area (Å²) in [5, 5.41) is 0. The minimum Gasteiger partial charge on any atom is -0.494 e. The summed E-state index contributed by atoms with van der Waals surface area (Å²) in [5.41, 5.74) is 1.25. The third-order valence-corrected chi connectivity index (χ3v) is 6.55. The molecule has 0 radical (unpaired) electrons. The fourth-order valence-electron chi connectivity index (χ4n) is 4.58. The van der Waals surface area contributed by atoms with E-state index < -0.39 is 6.04 Å². The van der Waals surface area contributed by atoms with Gasteiger partial charge in [0.05, 0.1) is 24.8 Å². The molecule has 3 amide bonds. The van der Waals surface area contributed by atoms with Crippen molar-refractivity contribution < 1.29 is 19.1 Å². The summed E-state index contributed by atoms with van der Waals surface area (Å²) >= 11 is 0. The normalized spacial score (nSPS) is 19.0. The van der Waals surface area contributed by atoms with Gasteiger partial charge in [-0.3, -0.25) is 19.3 Å². The maximum Gasteiger partial charge on any atom is 0.253 e. The molecule has 34 heavy (non-hydrogen) atoms. The molecule has 1 unspecified atom stereocenters. The minimum absolute atomic E-state index is 0.00312. The number of hydrogen-bond donors (Lipinski definition) is 0. The summed E-state index contributed by atoms with van der Waals surface area (Å²) < 4.78 is 5.77. The number of unbranched alkanes of at least 4 members (excludes halogenated alkanes) is 3. The molecule has 2 aliphatic rings. The zero-order valence-corrected chi connectivity index (χ0v) is 19.8. The number of carbonyl (C=O) groups excluding carboxylic acids is 3. The van der Waals surface area contributed by atoms with Crippen LogP contribution in [0.3, 0.4) is 0 Å². The molecule has 2 aromatic rings. The first-order valence-electron chi connectivity index (χ1n) is 12.3. The van der Waals surface area contributed by atoms with Gasteiger partial charge in [0.1, 0.15) is 5.75 Å². The zero-order chi connectivity index (χ0) is 23.9. The zero-order valence-electron chi connectivity index (χ0n) is 19.8. The van der Waals surface area contributed by atoms with Gasteiger partial charge in [0.25, 0.3) is 11.8 Å². The Bertz CT molecular complexity index is 985. The molecular weight excluding hydrogens is 430 g/mol. The molecule has 2 heterocycles. The summed E-state index contributed by atoms with van der Waals surface area (Å²) in [5.74, 6) is 0.366. The predicted molar refractivity (Wildman–Crippen MR) is 131 cm³/mol. The van der Waals surface area contributed by atoms with Crippen molar-refractivity contribution in [2.24, 2.45) is 0 Å². The van der Waals surface area contributed by atoms with Crippen LogP contribution in [0.2, 0.25) is 0 Å². The Hall–Kier alpha value is -3.19. The van der Waals surface area contributed by atoms with Crippen LogP contribution in [0.1, 0.15) is 49.4 Å². The molecule has 1 atom stereocenters. The number of amides is 3. The van der Waals surface area contributed by atoms with Crippen molar-refractivity contribution in [2.45, 2.75) is 45.1 Å². The van der Waals surface area contributed by atoms with E-state index in [9.17, 15) is 14.4 Å². The van der Waals surface area contributed by atoms with E-state index >= 15 is 0 Å². The first-order valence-corrected chi connectivity index (χ1v) is 12.3. The molecular formula is C27H33N3O4. The molecule has 0 saturated carbocycles. The first-order chi connectivity index (χ1) is 16.6. The topological polar surface area (TPSA) is 70.2 Å². The summed E-state index contributed by atoms with van der Waals surface area (Å²) in [4.78, 5) is 43.7. The number of benzene rings is 2. The van der Waals surface area contributed by atoms with E-state index in [2.05, 4.69) is 6.92 Å². The lowest BCUT2D eigenvalue weighted by molar-refractivity contribution is -0.123. The second-order valence-electron chi connectivity index (χ2n) is 8.88. The van der Waals surface area contributed by atoms with Crippen molar-refractivity contribution in [3.63, 3.8) is 0 Å². The Labute approximate surface area is 201 Å². The predicted octanol–water partition coefficient (Wildman–Crippen LogP) is 3.74. The molecule has 180 valence electrons. The third kappa shape index (κ3) is 5.47.